The Labute approximate surface area is 119 Å². The molecule has 0 aromatic heterocycles. The van der Waals surface area contributed by atoms with Crippen LogP contribution in [0, 0.1) is 0 Å². The summed E-state index contributed by atoms with van der Waals surface area (Å²) >= 11 is 0. The van der Waals surface area contributed by atoms with Crippen molar-refractivity contribution in [1.82, 2.24) is 8.61 Å². The van der Waals surface area contributed by atoms with Crippen molar-refractivity contribution < 1.29 is 16.8 Å². The monoisotopic (exact) mass is 316 g/mol. The second kappa shape index (κ2) is 4.80. The fourth-order valence-corrected chi connectivity index (χ4v) is 5.35. The van der Waals surface area contributed by atoms with Crippen molar-refractivity contribution in [3.63, 3.8) is 0 Å². The molecule has 0 amide bonds. The Bertz CT molecular complexity index is 660. The van der Waals surface area contributed by atoms with Crippen LogP contribution >= 0.6 is 0 Å². The minimum Gasteiger partial charge on any atom is -0.207 e. The van der Waals surface area contributed by atoms with Crippen LogP contribution < -0.4 is 0 Å². The molecule has 1 aromatic carbocycles. The maximum Gasteiger partial charge on any atom is 0.243 e. The van der Waals surface area contributed by atoms with Crippen LogP contribution in [0.15, 0.2) is 34.1 Å². The lowest BCUT2D eigenvalue weighted by atomic mass is 10.3. The molecule has 0 radical (unpaired) electrons. The normalized spacial score (nSPS) is 21.2. The van der Waals surface area contributed by atoms with Crippen molar-refractivity contribution in [1.29, 1.82) is 0 Å². The van der Waals surface area contributed by atoms with Crippen molar-refractivity contribution in [3.05, 3.63) is 24.3 Å². The third-order valence-electron chi connectivity index (χ3n) is 3.71. The molecule has 8 heteroatoms. The van der Waals surface area contributed by atoms with Gasteiger partial charge < -0.3 is 0 Å². The molecule has 0 aliphatic carbocycles. The van der Waals surface area contributed by atoms with Crippen LogP contribution in [0.2, 0.25) is 0 Å². The molecule has 0 spiro atoms. The van der Waals surface area contributed by atoms with Gasteiger partial charge in [0.2, 0.25) is 20.0 Å². The molecule has 2 aliphatic rings. The molecule has 2 saturated heterocycles. The number of nitrogens with zero attached hydrogens (tertiary/aromatic N) is 2. The van der Waals surface area contributed by atoms with Crippen LogP contribution in [0.1, 0.15) is 12.8 Å². The second-order valence-corrected chi connectivity index (χ2v) is 8.87. The molecular weight excluding hydrogens is 300 g/mol. The quantitative estimate of drug-likeness (QED) is 0.809. The lowest BCUT2D eigenvalue weighted by molar-refractivity contribution is 0.308. The SMILES string of the molecule is O=S(=O)(c1cccc(S(=O)(=O)N2CCC2)c1)N1CCC1. The van der Waals surface area contributed by atoms with Gasteiger partial charge in [0.15, 0.2) is 0 Å². The molecule has 2 aliphatic heterocycles. The molecule has 2 fully saturated rings. The van der Waals surface area contributed by atoms with E-state index in [0.717, 1.165) is 12.8 Å². The van der Waals surface area contributed by atoms with E-state index in [-0.39, 0.29) is 9.79 Å². The number of hydrogen-bond acceptors (Lipinski definition) is 4. The van der Waals surface area contributed by atoms with Crippen molar-refractivity contribution in [2.75, 3.05) is 26.2 Å². The molecule has 2 heterocycles. The lowest BCUT2D eigenvalue weighted by Gasteiger charge is -2.31. The van der Waals surface area contributed by atoms with E-state index in [1.807, 2.05) is 0 Å². The highest BCUT2D eigenvalue weighted by atomic mass is 32.2. The highest BCUT2D eigenvalue weighted by Gasteiger charge is 2.32. The van der Waals surface area contributed by atoms with Crippen LogP contribution in [0.3, 0.4) is 0 Å². The van der Waals surface area contributed by atoms with Crippen molar-refractivity contribution in [2.24, 2.45) is 0 Å². The van der Waals surface area contributed by atoms with Crippen LogP contribution in [0.5, 0.6) is 0 Å². The predicted molar refractivity (Wildman–Crippen MR) is 73.2 cm³/mol. The van der Waals surface area contributed by atoms with Crippen molar-refractivity contribution in [2.45, 2.75) is 22.6 Å². The molecule has 0 bridgehead atoms. The first-order chi connectivity index (χ1) is 9.42. The molecule has 6 nitrogen and oxygen atoms in total. The fourth-order valence-electron chi connectivity index (χ4n) is 2.15. The highest BCUT2D eigenvalue weighted by Crippen LogP contribution is 2.26. The van der Waals surface area contributed by atoms with E-state index in [2.05, 4.69) is 0 Å². The Balaban J connectivity index is 1.97. The molecule has 0 N–H and O–H groups in total. The Hall–Kier alpha value is -0.960. The lowest BCUT2D eigenvalue weighted by Crippen LogP contribution is -2.42. The molecular formula is C12H16N2O4S2. The van der Waals surface area contributed by atoms with Gasteiger partial charge in [-0.3, -0.25) is 0 Å². The van der Waals surface area contributed by atoms with Crippen LogP contribution in [-0.4, -0.2) is 51.6 Å². The zero-order valence-corrected chi connectivity index (χ0v) is 12.5. The minimum absolute atomic E-state index is 0.0544. The van der Waals surface area contributed by atoms with Gasteiger partial charge in [0.1, 0.15) is 0 Å². The number of hydrogen-bond donors (Lipinski definition) is 0. The smallest absolute Gasteiger partial charge is 0.207 e. The van der Waals surface area contributed by atoms with Gasteiger partial charge in [-0.1, -0.05) is 6.07 Å². The standard InChI is InChI=1S/C12H16N2O4S2/c15-19(16,13-6-2-7-13)11-4-1-5-12(10-11)20(17,18)14-8-3-9-14/h1,4-5,10H,2-3,6-9H2. The molecule has 20 heavy (non-hydrogen) atoms. The van der Waals surface area contributed by atoms with E-state index in [1.54, 1.807) is 0 Å². The van der Waals surface area contributed by atoms with Crippen LogP contribution in [0.25, 0.3) is 0 Å². The van der Waals surface area contributed by atoms with E-state index >= 15 is 0 Å². The summed E-state index contributed by atoms with van der Waals surface area (Å²) in [5.41, 5.74) is 0. The van der Waals surface area contributed by atoms with Gasteiger partial charge >= 0.3 is 0 Å². The van der Waals surface area contributed by atoms with Gasteiger partial charge in [0, 0.05) is 26.2 Å². The summed E-state index contributed by atoms with van der Waals surface area (Å²) < 4.78 is 51.8. The Morgan fingerprint density at radius 3 is 1.45 bits per heavy atom. The summed E-state index contributed by atoms with van der Waals surface area (Å²) in [5.74, 6) is 0. The maximum absolute atomic E-state index is 12.3. The third-order valence-corrected chi connectivity index (χ3v) is 7.50. The Morgan fingerprint density at radius 1 is 0.750 bits per heavy atom. The Morgan fingerprint density at radius 2 is 1.15 bits per heavy atom. The van der Waals surface area contributed by atoms with E-state index in [4.69, 9.17) is 0 Å². The van der Waals surface area contributed by atoms with Gasteiger partial charge in [0.25, 0.3) is 0 Å². The van der Waals surface area contributed by atoms with Gasteiger partial charge in [-0.25, -0.2) is 16.8 Å². The van der Waals surface area contributed by atoms with Crippen LogP contribution in [0.4, 0.5) is 0 Å². The van der Waals surface area contributed by atoms with Crippen molar-refractivity contribution in [3.8, 4) is 0 Å². The summed E-state index contributed by atoms with van der Waals surface area (Å²) in [6.45, 7) is 2.02. The Kier molecular flexibility index (Phi) is 3.36. The molecule has 110 valence electrons. The summed E-state index contributed by atoms with van der Waals surface area (Å²) in [7, 11) is -7.10. The summed E-state index contributed by atoms with van der Waals surface area (Å²) in [6.07, 6.45) is 1.70. The van der Waals surface area contributed by atoms with Gasteiger partial charge in [0.05, 0.1) is 9.79 Å². The highest BCUT2D eigenvalue weighted by molar-refractivity contribution is 7.90. The van der Waals surface area contributed by atoms with Gasteiger partial charge in [-0.2, -0.15) is 8.61 Å². The first-order valence-electron chi connectivity index (χ1n) is 6.53. The largest absolute Gasteiger partial charge is 0.243 e. The van der Waals surface area contributed by atoms with E-state index in [9.17, 15) is 16.8 Å². The maximum atomic E-state index is 12.3. The van der Waals surface area contributed by atoms with Crippen molar-refractivity contribution >= 4 is 20.0 Å². The average Bonchev–Trinajstić information content (AvgIpc) is 2.23. The summed E-state index contributed by atoms with van der Waals surface area (Å²) in [6, 6.07) is 5.65. The topological polar surface area (TPSA) is 74.8 Å². The number of sulfonamides is 2. The van der Waals surface area contributed by atoms with E-state index < -0.39 is 20.0 Å². The summed E-state index contributed by atoms with van der Waals surface area (Å²) in [5, 5.41) is 0. The zero-order chi connectivity index (χ0) is 14.4. The fraction of sp³-hybridized carbons (Fsp3) is 0.500. The van der Waals surface area contributed by atoms with Gasteiger partial charge in [-0.05, 0) is 31.0 Å². The second-order valence-electron chi connectivity index (χ2n) is 4.99. The number of benzene rings is 1. The molecule has 1 aromatic rings. The average molecular weight is 316 g/mol. The molecule has 0 saturated carbocycles. The first kappa shape index (κ1) is 14.0. The molecule has 3 rings (SSSR count). The van der Waals surface area contributed by atoms with Gasteiger partial charge in [-0.15, -0.1) is 0 Å². The van der Waals surface area contributed by atoms with E-state index in [0.29, 0.717) is 26.2 Å². The van der Waals surface area contributed by atoms with Crippen LogP contribution in [-0.2, 0) is 20.0 Å². The molecule has 0 unspecified atom stereocenters. The first-order valence-corrected chi connectivity index (χ1v) is 9.41. The number of rotatable bonds is 4. The summed E-state index contributed by atoms with van der Waals surface area (Å²) in [4.78, 5) is 0.109. The predicted octanol–water partition coefficient (Wildman–Crippen LogP) is 0.475. The minimum atomic E-state index is -3.55. The third kappa shape index (κ3) is 2.16. The zero-order valence-electron chi connectivity index (χ0n) is 10.9. The van der Waals surface area contributed by atoms with E-state index in [1.165, 1.54) is 32.9 Å². The molecule has 0 atom stereocenters.